The van der Waals surface area contributed by atoms with E-state index in [0.29, 0.717) is 5.92 Å². The van der Waals surface area contributed by atoms with Gasteiger partial charge in [0.25, 0.3) is 0 Å². The number of nitrogens with one attached hydrogen (secondary N) is 1. The fourth-order valence-corrected chi connectivity index (χ4v) is 2.82. The number of hydrogen-bond donors (Lipinski definition) is 1. The van der Waals surface area contributed by atoms with Crippen molar-refractivity contribution in [3.05, 3.63) is 46.5 Å². The molecule has 4 nitrogen and oxygen atoms in total. The van der Waals surface area contributed by atoms with Crippen LogP contribution in [0.3, 0.4) is 0 Å². The molecule has 0 aliphatic carbocycles. The zero-order valence-corrected chi connectivity index (χ0v) is 14.5. The maximum atomic E-state index is 4.44. The van der Waals surface area contributed by atoms with Gasteiger partial charge < -0.3 is 5.32 Å². The van der Waals surface area contributed by atoms with Gasteiger partial charge in [-0.15, -0.1) is 0 Å². The zero-order chi connectivity index (χ0) is 15.2. The van der Waals surface area contributed by atoms with Gasteiger partial charge in [0.1, 0.15) is 12.2 Å². The molecule has 0 aliphatic heterocycles. The van der Waals surface area contributed by atoms with Gasteiger partial charge >= 0.3 is 0 Å². The molecular weight excluding hydrogens is 328 g/mol. The van der Waals surface area contributed by atoms with Gasteiger partial charge in [0.2, 0.25) is 0 Å². The highest BCUT2D eigenvalue weighted by atomic mass is 79.9. The Balaban J connectivity index is 2.18. The van der Waals surface area contributed by atoms with Gasteiger partial charge in [-0.3, -0.25) is 0 Å². The molecule has 114 valence electrons. The van der Waals surface area contributed by atoms with E-state index in [1.54, 1.807) is 6.33 Å². The number of aromatic nitrogens is 3. The normalized spacial score (nSPS) is 12.8. The number of hydrogen-bond acceptors (Lipinski definition) is 3. The van der Waals surface area contributed by atoms with Gasteiger partial charge in [-0.05, 0) is 30.2 Å². The van der Waals surface area contributed by atoms with E-state index in [-0.39, 0.29) is 6.04 Å². The van der Waals surface area contributed by atoms with Crippen LogP contribution in [0.25, 0.3) is 0 Å². The lowest BCUT2D eigenvalue weighted by Crippen LogP contribution is -2.25. The zero-order valence-electron chi connectivity index (χ0n) is 12.9. The molecule has 0 saturated heterocycles. The molecule has 0 saturated carbocycles. The van der Waals surface area contributed by atoms with Crippen molar-refractivity contribution in [1.82, 2.24) is 20.1 Å². The van der Waals surface area contributed by atoms with E-state index in [9.17, 15) is 0 Å². The van der Waals surface area contributed by atoms with Crippen LogP contribution in [0.4, 0.5) is 0 Å². The second kappa shape index (κ2) is 7.71. The predicted molar refractivity (Wildman–Crippen MR) is 89.1 cm³/mol. The van der Waals surface area contributed by atoms with Gasteiger partial charge in [-0.1, -0.05) is 48.8 Å². The van der Waals surface area contributed by atoms with Crippen molar-refractivity contribution in [2.75, 3.05) is 6.54 Å². The molecule has 1 aromatic heterocycles. The Morgan fingerprint density at radius 3 is 2.81 bits per heavy atom. The number of likely N-dealkylation sites (N-methyl/N-ethyl adjacent to an activating group) is 1. The van der Waals surface area contributed by atoms with Crippen LogP contribution < -0.4 is 5.32 Å². The lowest BCUT2D eigenvalue weighted by atomic mass is 10.0. The van der Waals surface area contributed by atoms with Crippen LogP contribution in [-0.2, 0) is 13.0 Å². The molecule has 1 heterocycles. The number of nitrogens with zero attached hydrogens (tertiary/aromatic N) is 3. The lowest BCUT2D eigenvalue weighted by Gasteiger charge is -2.19. The van der Waals surface area contributed by atoms with Crippen LogP contribution >= 0.6 is 15.9 Å². The fraction of sp³-hybridized carbons (Fsp3) is 0.500. The molecule has 1 aromatic carbocycles. The van der Waals surface area contributed by atoms with Crippen molar-refractivity contribution in [3.63, 3.8) is 0 Å². The third kappa shape index (κ3) is 4.64. The second-order valence-electron chi connectivity index (χ2n) is 5.62. The van der Waals surface area contributed by atoms with Crippen molar-refractivity contribution < 1.29 is 0 Å². The summed E-state index contributed by atoms with van der Waals surface area (Å²) in [5, 5.41) is 7.89. The minimum absolute atomic E-state index is 0.252. The highest BCUT2D eigenvalue weighted by molar-refractivity contribution is 9.10. The molecule has 0 radical (unpaired) electrons. The molecule has 0 fully saturated rings. The van der Waals surface area contributed by atoms with E-state index in [0.717, 1.165) is 29.8 Å². The maximum Gasteiger partial charge on any atom is 0.138 e. The molecule has 2 aromatic rings. The Morgan fingerprint density at radius 1 is 1.33 bits per heavy atom. The third-order valence-electron chi connectivity index (χ3n) is 3.32. The standard InChI is InChI=1S/C16H23BrN4/c1-4-18-15(13-6-5-7-14(17)8-13)9-16-19-11-20-21(16)10-12(2)3/h5-8,11-12,15,18H,4,9-10H2,1-3H3. The van der Waals surface area contributed by atoms with Crippen LogP contribution in [0.5, 0.6) is 0 Å². The van der Waals surface area contributed by atoms with Crippen LogP contribution in [0.2, 0.25) is 0 Å². The molecule has 21 heavy (non-hydrogen) atoms. The quantitative estimate of drug-likeness (QED) is 0.829. The Kier molecular flexibility index (Phi) is 5.94. The maximum absolute atomic E-state index is 4.44. The lowest BCUT2D eigenvalue weighted by molar-refractivity contribution is 0.446. The summed E-state index contributed by atoms with van der Waals surface area (Å²) >= 11 is 3.55. The van der Waals surface area contributed by atoms with E-state index in [2.05, 4.69) is 70.3 Å². The average molecular weight is 351 g/mol. The Hall–Kier alpha value is -1.20. The van der Waals surface area contributed by atoms with E-state index in [4.69, 9.17) is 0 Å². The molecule has 1 atom stereocenters. The second-order valence-corrected chi connectivity index (χ2v) is 6.54. The van der Waals surface area contributed by atoms with E-state index < -0.39 is 0 Å². The summed E-state index contributed by atoms with van der Waals surface area (Å²) in [6, 6.07) is 8.69. The topological polar surface area (TPSA) is 42.7 Å². The summed E-state index contributed by atoms with van der Waals surface area (Å²) in [5.41, 5.74) is 1.27. The first-order valence-electron chi connectivity index (χ1n) is 7.45. The molecule has 0 aliphatic rings. The van der Waals surface area contributed by atoms with Crippen molar-refractivity contribution in [2.24, 2.45) is 5.92 Å². The highest BCUT2D eigenvalue weighted by Crippen LogP contribution is 2.21. The van der Waals surface area contributed by atoms with Gasteiger partial charge in [-0.25, -0.2) is 9.67 Å². The Bertz CT molecular complexity index is 565. The van der Waals surface area contributed by atoms with Crippen LogP contribution in [-0.4, -0.2) is 21.3 Å². The summed E-state index contributed by atoms with van der Waals surface area (Å²) in [6.07, 6.45) is 2.50. The fourth-order valence-electron chi connectivity index (χ4n) is 2.40. The highest BCUT2D eigenvalue weighted by Gasteiger charge is 2.15. The molecule has 0 bridgehead atoms. The van der Waals surface area contributed by atoms with Gasteiger partial charge in [0.15, 0.2) is 0 Å². The van der Waals surface area contributed by atoms with Crippen LogP contribution in [0, 0.1) is 5.92 Å². The molecule has 1 unspecified atom stereocenters. The first-order chi connectivity index (χ1) is 10.1. The van der Waals surface area contributed by atoms with Gasteiger partial charge in [0.05, 0.1) is 0 Å². The van der Waals surface area contributed by atoms with Crippen LogP contribution in [0.15, 0.2) is 35.1 Å². The first-order valence-corrected chi connectivity index (χ1v) is 8.25. The first kappa shape index (κ1) is 16.2. The molecule has 0 amide bonds. The number of rotatable bonds is 7. The largest absolute Gasteiger partial charge is 0.310 e. The van der Waals surface area contributed by atoms with Crippen molar-refractivity contribution in [3.8, 4) is 0 Å². The van der Waals surface area contributed by atoms with Crippen molar-refractivity contribution in [2.45, 2.75) is 39.8 Å². The monoisotopic (exact) mass is 350 g/mol. The summed E-state index contributed by atoms with van der Waals surface area (Å²) in [5.74, 6) is 1.60. The smallest absolute Gasteiger partial charge is 0.138 e. The van der Waals surface area contributed by atoms with E-state index >= 15 is 0 Å². The molecule has 2 rings (SSSR count). The molecular formula is C16H23BrN4. The Morgan fingerprint density at radius 2 is 2.14 bits per heavy atom. The van der Waals surface area contributed by atoms with E-state index in [1.165, 1.54) is 5.56 Å². The number of halogens is 1. The summed E-state index contributed by atoms with van der Waals surface area (Å²) < 4.78 is 3.12. The van der Waals surface area contributed by atoms with Crippen molar-refractivity contribution in [1.29, 1.82) is 0 Å². The predicted octanol–water partition coefficient (Wildman–Crippen LogP) is 3.59. The SMILES string of the molecule is CCNC(Cc1ncnn1CC(C)C)c1cccc(Br)c1. The van der Waals surface area contributed by atoms with Crippen LogP contribution in [0.1, 0.15) is 38.2 Å². The van der Waals surface area contributed by atoms with Gasteiger partial charge in [0, 0.05) is 23.5 Å². The van der Waals surface area contributed by atoms with Crippen molar-refractivity contribution >= 4 is 15.9 Å². The average Bonchev–Trinajstić information content (AvgIpc) is 2.85. The summed E-state index contributed by atoms with van der Waals surface area (Å²) in [7, 11) is 0. The van der Waals surface area contributed by atoms with Gasteiger partial charge in [-0.2, -0.15) is 5.10 Å². The number of benzene rings is 1. The minimum atomic E-state index is 0.252. The molecule has 1 N–H and O–H groups in total. The molecule has 5 heteroatoms. The Labute approximate surface area is 135 Å². The van der Waals surface area contributed by atoms with E-state index in [1.807, 2.05) is 10.7 Å². The summed E-state index contributed by atoms with van der Waals surface area (Å²) in [4.78, 5) is 4.44. The minimum Gasteiger partial charge on any atom is -0.310 e. The molecule has 0 spiro atoms. The summed E-state index contributed by atoms with van der Waals surface area (Å²) in [6.45, 7) is 8.36. The third-order valence-corrected chi connectivity index (χ3v) is 3.82.